The molecule has 0 bridgehead atoms. The second-order valence-electron chi connectivity index (χ2n) is 5.68. The average molecular weight is 269 g/mol. The molecule has 6 heteroatoms. The van der Waals surface area contributed by atoms with Crippen LogP contribution in [0.5, 0.6) is 0 Å². The molecule has 2 fully saturated rings. The van der Waals surface area contributed by atoms with Crippen molar-refractivity contribution in [2.45, 2.75) is 44.2 Å². The van der Waals surface area contributed by atoms with E-state index in [0.717, 1.165) is 19.4 Å². The van der Waals surface area contributed by atoms with Gasteiger partial charge in [-0.05, 0) is 45.7 Å². The van der Waals surface area contributed by atoms with Crippen molar-refractivity contribution in [1.82, 2.24) is 15.5 Å². The van der Waals surface area contributed by atoms with E-state index in [1.54, 1.807) is 0 Å². The largest absolute Gasteiger partial charge is 0.481 e. The first-order valence-electron chi connectivity index (χ1n) is 7.03. The van der Waals surface area contributed by atoms with E-state index in [2.05, 4.69) is 22.6 Å². The number of amides is 2. The molecular formula is C13H23N3O3. The minimum absolute atomic E-state index is 0.00223. The lowest BCUT2D eigenvalue weighted by Gasteiger charge is -2.20. The topological polar surface area (TPSA) is 81.7 Å². The van der Waals surface area contributed by atoms with Crippen LogP contribution < -0.4 is 10.6 Å². The summed E-state index contributed by atoms with van der Waals surface area (Å²) in [5.41, 5.74) is 0. The molecule has 108 valence electrons. The highest BCUT2D eigenvalue weighted by Gasteiger charge is 2.30. The first kappa shape index (κ1) is 14.1. The molecule has 0 spiro atoms. The quantitative estimate of drug-likeness (QED) is 0.699. The number of nitrogens with one attached hydrogen (secondary N) is 2. The van der Waals surface area contributed by atoms with Crippen LogP contribution in [0.4, 0.5) is 4.79 Å². The van der Waals surface area contributed by atoms with E-state index in [1.165, 1.54) is 6.42 Å². The number of carbonyl (C=O) groups excluding carboxylic acids is 1. The van der Waals surface area contributed by atoms with Crippen LogP contribution in [-0.4, -0.2) is 54.2 Å². The number of carboxylic acid groups (broad SMARTS) is 1. The van der Waals surface area contributed by atoms with E-state index >= 15 is 0 Å². The van der Waals surface area contributed by atoms with E-state index in [1.807, 2.05) is 0 Å². The fourth-order valence-electron chi connectivity index (χ4n) is 3.02. The van der Waals surface area contributed by atoms with Gasteiger partial charge < -0.3 is 20.6 Å². The Labute approximate surface area is 113 Å². The zero-order valence-electron chi connectivity index (χ0n) is 11.4. The van der Waals surface area contributed by atoms with Gasteiger partial charge in [0, 0.05) is 18.6 Å². The predicted molar refractivity (Wildman–Crippen MR) is 71.0 cm³/mol. The van der Waals surface area contributed by atoms with E-state index < -0.39 is 5.97 Å². The number of nitrogens with zero attached hydrogens (tertiary/aromatic N) is 1. The monoisotopic (exact) mass is 269 g/mol. The molecule has 2 aliphatic rings. The Hall–Kier alpha value is -1.30. The number of rotatable bonds is 4. The van der Waals surface area contributed by atoms with Crippen molar-refractivity contribution in [2.24, 2.45) is 5.92 Å². The third-order valence-electron chi connectivity index (χ3n) is 4.29. The second kappa shape index (κ2) is 6.23. The number of hydrogen-bond acceptors (Lipinski definition) is 3. The SMILES string of the molecule is CN1CCCC1CNC(=O)NC1CCC(C(=O)O)C1. The minimum Gasteiger partial charge on any atom is -0.481 e. The zero-order chi connectivity index (χ0) is 13.8. The highest BCUT2D eigenvalue weighted by molar-refractivity contribution is 5.75. The molecule has 0 aromatic heterocycles. The Morgan fingerprint density at radius 2 is 2.11 bits per heavy atom. The summed E-state index contributed by atoms with van der Waals surface area (Å²) >= 11 is 0. The number of hydrogen-bond donors (Lipinski definition) is 3. The molecule has 1 saturated carbocycles. The van der Waals surface area contributed by atoms with Crippen molar-refractivity contribution < 1.29 is 14.7 Å². The van der Waals surface area contributed by atoms with Crippen LogP contribution in [0.15, 0.2) is 0 Å². The number of likely N-dealkylation sites (tertiary alicyclic amines) is 1. The molecule has 0 aromatic rings. The Balaban J connectivity index is 1.66. The summed E-state index contributed by atoms with van der Waals surface area (Å²) in [7, 11) is 2.08. The van der Waals surface area contributed by atoms with Gasteiger partial charge in [0.1, 0.15) is 0 Å². The van der Waals surface area contributed by atoms with Crippen molar-refractivity contribution in [1.29, 1.82) is 0 Å². The van der Waals surface area contributed by atoms with Gasteiger partial charge in [-0.15, -0.1) is 0 Å². The molecular weight excluding hydrogens is 246 g/mol. The standard InChI is InChI=1S/C13H23N3O3/c1-16-6-2-3-11(16)8-14-13(19)15-10-5-4-9(7-10)12(17)18/h9-11H,2-8H2,1H3,(H,17,18)(H2,14,15,19). The molecule has 3 unspecified atom stereocenters. The maximum Gasteiger partial charge on any atom is 0.315 e. The van der Waals surface area contributed by atoms with Crippen molar-refractivity contribution in [2.75, 3.05) is 20.1 Å². The van der Waals surface area contributed by atoms with Gasteiger partial charge in [-0.25, -0.2) is 4.79 Å². The van der Waals surface area contributed by atoms with E-state index in [0.29, 0.717) is 25.4 Å². The third-order valence-corrected chi connectivity index (χ3v) is 4.29. The van der Waals surface area contributed by atoms with Crippen LogP contribution in [0.1, 0.15) is 32.1 Å². The summed E-state index contributed by atoms with van der Waals surface area (Å²) in [6, 6.07) is 0.264. The molecule has 1 aliphatic carbocycles. The maximum atomic E-state index is 11.8. The molecule has 19 heavy (non-hydrogen) atoms. The Morgan fingerprint density at radius 3 is 2.68 bits per heavy atom. The summed E-state index contributed by atoms with van der Waals surface area (Å²) in [5, 5.41) is 14.7. The summed E-state index contributed by atoms with van der Waals surface area (Å²) in [6.07, 6.45) is 4.28. The normalized spacial score (nSPS) is 31.3. The number of carboxylic acids is 1. The predicted octanol–water partition coefficient (Wildman–Crippen LogP) is 0.633. The van der Waals surface area contributed by atoms with Crippen LogP contribution >= 0.6 is 0 Å². The van der Waals surface area contributed by atoms with E-state index in [4.69, 9.17) is 5.11 Å². The molecule has 1 aliphatic heterocycles. The van der Waals surface area contributed by atoms with Crippen LogP contribution in [0.3, 0.4) is 0 Å². The van der Waals surface area contributed by atoms with Crippen molar-refractivity contribution in [3.63, 3.8) is 0 Å². The molecule has 6 nitrogen and oxygen atoms in total. The van der Waals surface area contributed by atoms with Crippen LogP contribution in [0.2, 0.25) is 0 Å². The summed E-state index contributed by atoms with van der Waals surface area (Å²) < 4.78 is 0. The average Bonchev–Trinajstić information content (AvgIpc) is 2.96. The van der Waals surface area contributed by atoms with E-state index in [9.17, 15) is 9.59 Å². The lowest BCUT2D eigenvalue weighted by atomic mass is 10.1. The summed E-state index contributed by atoms with van der Waals surface area (Å²) in [5.74, 6) is -1.05. The van der Waals surface area contributed by atoms with Gasteiger partial charge in [-0.2, -0.15) is 0 Å². The molecule has 0 aromatic carbocycles. The number of carbonyl (C=O) groups is 2. The lowest BCUT2D eigenvalue weighted by molar-refractivity contribution is -0.141. The van der Waals surface area contributed by atoms with Crippen LogP contribution in [0, 0.1) is 5.92 Å². The van der Waals surface area contributed by atoms with Gasteiger partial charge in [0.2, 0.25) is 0 Å². The van der Waals surface area contributed by atoms with Crippen LogP contribution in [-0.2, 0) is 4.79 Å². The number of aliphatic carboxylic acids is 1. The number of likely N-dealkylation sites (N-methyl/N-ethyl adjacent to an activating group) is 1. The number of urea groups is 1. The van der Waals surface area contributed by atoms with E-state index in [-0.39, 0.29) is 18.0 Å². The van der Waals surface area contributed by atoms with Gasteiger partial charge in [0.05, 0.1) is 5.92 Å². The minimum atomic E-state index is -0.753. The smallest absolute Gasteiger partial charge is 0.315 e. The highest BCUT2D eigenvalue weighted by atomic mass is 16.4. The van der Waals surface area contributed by atoms with Crippen molar-refractivity contribution >= 4 is 12.0 Å². The van der Waals surface area contributed by atoms with Gasteiger partial charge in [-0.1, -0.05) is 0 Å². The third kappa shape index (κ3) is 3.83. The highest BCUT2D eigenvalue weighted by Crippen LogP contribution is 2.25. The maximum absolute atomic E-state index is 11.8. The van der Waals surface area contributed by atoms with Gasteiger partial charge in [0.15, 0.2) is 0 Å². The Kier molecular flexibility index (Phi) is 4.63. The molecule has 2 rings (SSSR count). The van der Waals surface area contributed by atoms with Crippen molar-refractivity contribution in [3.05, 3.63) is 0 Å². The molecule has 1 heterocycles. The van der Waals surface area contributed by atoms with Gasteiger partial charge in [0.25, 0.3) is 0 Å². The molecule has 3 N–H and O–H groups in total. The fourth-order valence-corrected chi connectivity index (χ4v) is 3.02. The first-order chi connectivity index (χ1) is 9.06. The Bertz CT molecular complexity index is 348. The molecule has 3 atom stereocenters. The Morgan fingerprint density at radius 1 is 1.32 bits per heavy atom. The molecule has 1 saturated heterocycles. The second-order valence-corrected chi connectivity index (χ2v) is 5.68. The summed E-state index contributed by atoms with van der Waals surface area (Å²) in [4.78, 5) is 24.8. The lowest BCUT2D eigenvalue weighted by Crippen LogP contribution is -2.45. The van der Waals surface area contributed by atoms with Gasteiger partial charge in [-0.3, -0.25) is 4.79 Å². The van der Waals surface area contributed by atoms with Crippen molar-refractivity contribution in [3.8, 4) is 0 Å². The fraction of sp³-hybridized carbons (Fsp3) is 0.846. The molecule has 2 amide bonds. The molecule has 0 radical (unpaired) electrons. The zero-order valence-corrected chi connectivity index (χ0v) is 11.4. The van der Waals surface area contributed by atoms with Crippen LogP contribution in [0.25, 0.3) is 0 Å². The first-order valence-corrected chi connectivity index (χ1v) is 7.03. The van der Waals surface area contributed by atoms with Gasteiger partial charge >= 0.3 is 12.0 Å². The summed E-state index contributed by atoms with van der Waals surface area (Å²) in [6.45, 7) is 1.76.